The number of halogens is 3. The average Bonchev–Trinajstić information content (AvgIpc) is 3.23. The molecule has 0 radical (unpaired) electrons. The zero-order chi connectivity index (χ0) is 23.4. The molecular formula is C25H34F3N3OS. The van der Waals surface area contributed by atoms with E-state index in [1.165, 1.54) is 42.7 Å². The number of thiophene rings is 1. The van der Waals surface area contributed by atoms with Crippen LogP contribution in [0.1, 0.15) is 57.4 Å². The lowest BCUT2D eigenvalue weighted by Crippen LogP contribution is -2.46. The van der Waals surface area contributed by atoms with E-state index in [1.807, 2.05) is 5.38 Å². The SMILES string of the molecule is CCC1CCC(NC(=O)CCCN2CCN(c3csc4cc(C(F)(F)F)ccc34)CC2)CC1. The molecule has 1 aromatic heterocycles. The lowest BCUT2D eigenvalue weighted by atomic mass is 9.84. The van der Waals surface area contributed by atoms with E-state index in [-0.39, 0.29) is 5.91 Å². The van der Waals surface area contributed by atoms with Gasteiger partial charge in [0.2, 0.25) is 5.91 Å². The number of carbonyl (C=O) groups is 1. The minimum absolute atomic E-state index is 0.177. The second kappa shape index (κ2) is 10.6. The number of carbonyl (C=O) groups excluding carboxylic acids is 1. The number of piperazine rings is 1. The molecule has 2 aromatic rings. The van der Waals surface area contributed by atoms with Gasteiger partial charge in [0.15, 0.2) is 0 Å². The van der Waals surface area contributed by atoms with Gasteiger partial charge in [-0.2, -0.15) is 13.2 Å². The molecule has 0 bridgehead atoms. The molecule has 1 aliphatic heterocycles. The van der Waals surface area contributed by atoms with Crippen LogP contribution in [0.15, 0.2) is 23.6 Å². The minimum Gasteiger partial charge on any atom is -0.368 e. The number of rotatable bonds is 7. The number of anilines is 1. The molecule has 2 fully saturated rings. The Balaban J connectivity index is 1.19. The van der Waals surface area contributed by atoms with Crippen LogP contribution >= 0.6 is 11.3 Å². The number of alkyl halides is 3. The lowest BCUT2D eigenvalue weighted by Gasteiger charge is -2.36. The molecule has 1 saturated heterocycles. The summed E-state index contributed by atoms with van der Waals surface area (Å²) in [5, 5.41) is 6.09. The van der Waals surface area contributed by atoms with E-state index in [0.717, 1.165) is 69.0 Å². The van der Waals surface area contributed by atoms with Crippen molar-refractivity contribution in [2.45, 2.75) is 64.1 Å². The van der Waals surface area contributed by atoms with E-state index in [0.29, 0.717) is 17.2 Å². The number of hydrogen-bond donors (Lipinski definition) is 1. The van der Waals surface area contributed by atoms with Gasteiger partial charge in [-0.05, 0) is 56.7 Å². The molecule has 0 spiro atoms. The minimum atomic E-state index is -4.31. The van der Waals surface area contributed by atoms with Crippen LogP contribution in [-0.4, -0.2) is 49.6 Å². The van der Waals surface area contributed by atoms with Gasteiger partial charge in [-0.15, -0.1) is 11.3 Å². The van der Waals surface area contributed by atoms with Crippen molar-refractivity contribution < 1.29 is 18.0 Å². The predicted octanol–water partition coefficient (Wildman–Crippen LogP) is 5.91. The van der Waals surface area contributed by atoms with Gasteiger partial charge in [-0.3, -0.25) is 9.69 Å². The Hall–Kier alpha value is -1.80. The standard InChI is InChI=1S/C25H34F3N3OS/c1-2-18-5-8-20(9-6-18)29-24(32)4-3-11-30-12-14-31(15-13-30)22-17-33-23-16-19(25(26,27)28)7-10-21(22)23/h7,10,16-18,20H,2-6,8-9,11-15H2,1H3,(H,29,32). The Kier molecular flexibility index (Phi) is 7.84. The summed E-state index contributed by atoms with van der Waals surface area (Å²) in [7, 11) is 0. The first-order chi connectivity index (χ1) is 15.8. The molecule has 1 N–H and O–H groups in total. The van der Waals surface area contributed by atoms with E-state index in [1.54, 1.807) is 6.07 Å². The van der Waals surface area contributed by atoms with E-state index in [9.17, 15) is 18.0 Å². The second-order valence-corrected chi connectivity index (χ2v) is 10.4. The molecule has 33 heavy (non-hydrogen) atoms. The maximum atomic E-state index is 13.0. The fraction of sp³-hybridized carbons (Fsp3) is 0.640. The summed E-state index contributed by atoms with van der Waals surface area (Å²) in [5.41, 5.74) is 0.437. The molecule has 182 valence electrons. The van der Waals surface area contributed by atoms with Crippen molar-refractivity contribution in [3.8, 4) is 0 Å². The summed E-state index contributed by atoms with van der Waals surface area (Å²) in [5.74, 6) is 1.01. The Morgan fingerprint density at radius 3 is 2.52 bits per heavy atom. The van der Waals surface area contributed by atoms with Gasteiger partial charge in [0.25, 0.3) is 0 Å². The zero-order valence-electron chi connectivity index (χ0n) is 19.3. The van der Waals surface area contributed by atoms with Crippen molar-refractivity contribution in [2.75, 3.05) is 37.6 Å². The third-order valence-corrected chi connectivity index (χ3v) is 8.20. The smallest absolute Gasteiger partial charge is 0.368 e. The zero-order valence-corrected chi connectivity index (χ0v) is 20.1. The summed E-state index contributed by atoms with van der Waals surface area (Å²) < 4.78 is 39.6. The van der Waals surface area contributed by atoms with Crippen molar-refractivity contribution in [3.05, 3.63) is 29.1 Å². The highest BCUT2D eigenvalue weighted by atomic mass is 32.1. The van der Waals surface area contributed by atoms with E-state index in [4.69, 9.17) is 0 Å². The van der Waals surface area contributed by atoms with E-state index in [2.05, 4.69) is 22.0 Å². The number of nitrogens with one attached hydrogen (secondary N) is 1. The molecule has 4 rings (SSSR count). The lowest BCUT2D eigenvalue weighted by molar-refractivity contribution is -0.137. The highest BCUT2D eigenvalue weighted by Gasteiger charge is 2.31. The number of nitrogens with zero attached hydrogens (tertiary/aromatic N) is 2. The van der Waals surface area contributed by atoms with Gasteiger partial charge in [0.05, 0.1) is 11.3 Å². The fourth-order valence-corrected chi connectivity index (χ4v) is 6.14. The number of benzene rings is 1. The van der Waals surface area contributed by atoms with Crippen molar-refractivity contribution in [2.24, 2.45) is 5.92 Å². The Morgan fingerprint density at radius 1 is 1.12 bits per heavy atom. The van der Waals surface area contributed by atoms with E-state index >= 15 is 0 Å². The van der Waals surface area contributed by atoms with Crippen LogP contribution in [0.2, 0.25) is 0 Å². The third kappa shape index (κ3) is 6.21. The molecule has 1 saturated carbocycles. The number of amides is 1. The highest BCUT2D eigenvalue weighted by molar-refractivity contribution is 7.17. The summed E-state index contributed by atoms with van der Waals surface area (Å²) >= 11 is 1.37. The van der Waals surface area contributed by atoms with Crippen LogP contribution in [0.5, 0.6) is 0 Å². The Labute approximate surface area is 198 Å². The molecule has 2 aliphatic rings. The first-order valence-corrected chi connectivity index (χ1v) is 13.1. The van der Waals surface area contributed by atoms with Crippen LogP contribution in [0.3, 0.4) is 0 Å². The van der Waals surface area contributed by atoms with Gasteiger partial charge in [0, 0.05) is 54.1 Å². The molecule has 4 nitrogen and oxygen atoms in total. The van der Waals surface area contributed by atoms with Crippen LogP contribution in [0.25, 0.3) is 10.1 Å². The molecular weight excluding hydrogens is 447 g/mol. The maximum Gasteiger partial charge on any atom is 0.416 e. The molecule has 1 aromatic carbocycles. The topological polar surface area (TPSA) is 35.6 Å². The maximum absolute atomic E-state index is 13.0. The van der Waals surface area contributed by atoms with Crippen LogP contribution < -0.4 is 10.2 Å². The monoisotopic (exact) mass is 481 g/mol. The van der Waals surface area contributed by atoms with Crippen molar-refractivity contribution in [3.63, 3.8) is 0 Å². The van der Waals surface area contributed by atoms with Gasteiger partial charge in [0.1, 0.15) is 0 Å². The van der Waals surface area contributed by atoms with Crippen molar-refractivity contribution >= 4 is 33.0 Å². The predicted molar refractivity (Wildman–Crippen MR) is 129 cm³/mol. The summed E-state index contributed by atoms with van der Waals surface area (Å²) in [6.07, 6.45) is 3.05. The largest absolute Gasteiger partial charge is 0.416 e. The van der Waals surface area contributed by atoms with Gasteiger partial charge < -0.3 is 10.2 Å². The Bertz CT molecular complexity index is 929. The van der Waals surface area contributed by atoms with Crippen molar-refractivity contribution in [1.29, 1.82) is 0 Å². The number of hydrogen-bond acceptors (Lipinski definition) is 4. The van der Waals surface area contributed by atoms with Gasteiger partial charge >= 0.3 is 6.18 Å². The van der Waals surface area contributed by atoms with Gasteiger partial charge in [-0.25, -0.2) is 0 Å². The summed E-state index contributed by atoms with van der Waals surface area (Å²) in [6, 6.07) is 4.38. The first-order valence-electron chi connectivity index (χ1n) is 12.2. The molecule has 1 amide bonds. The molecule has 0 atom stereocenters. The Morgan fingerprint density at radius 2 is 1.85 bits per heavy atom. The summed E-state index contributed by atoms with van der Waals surface area (Å²) in [4.78, 5) is 17.0. The average molecular weight is 482 g/mol. The fourth-order valence-electron chi connectivity index (χ4n) is 5.13. The number of fused-ring (bicyclic) bond motifs is 1. The molecule has 8 heteroatoms. The first kappa shape index (κ1) is 24.3. The quantitative estimate of drug-likeness (QED) is 0.534. The third-order valence-electron chi connectivity index (χ3n) is 7.26. The van der Waals surface area contributed by atoms with Crippen molar-refractivity contribution in [1.82, 2.24) is 10.2 Å². The normalized spacial score (nSPS) is 22.6. The molecule has 2 heterocycles. The highest BCUT2D eigenvalue weighted by Crippen LogP contribution is 2.38. The van der Waals surface area contributed by atoms with Gasteiger partial charge in [-0.1, -0.05) is 19.4 Å². The molecule has 1 aliphatic carbocycles. The summed E-state index contributed by atoms with van der Waals surface area (Å²) in [6.45, 7) is 6.66. The second-order valence-electron chi connectivity index (χ2n) is 9.46. The van der Waals surface area contributed by atoms with Crippen LogP contribution in [-0.2, 0) is 11.0 Å². The van der Waals surface area contributed by atoms with E-state index < -0.39 is 11.7 Å². The molecule has 0 unspecified atom stereocenters. The van der Waals surface area contributed by atoms with Crippen LogP contribution in [0.4, 0.5) is 18.9 Å². The van der Waals surface area contributed by atoms with Crippen LogP contribution in [0, 0.1) is 5.92 Å².